The Balaban J connectivity index is 2.54. The fourth-order valence-electron chi connectivity index (χ4n) is 1.63. The quantitative estimate of drug-likeness (QED) is 0.624. The molecule has 1 aliphatic heterocycles. The molecule has 1 atom stereocenters. The zero-order chi connectivity index (χ0) is 11.7. The van der Waals surface area contributed by atoms with Crippen molar-refractivity contribution in [3.05, 3.63) is 12.7 Å². The number of ether oxygens (including phenoxy) is 1. The van der Waals surface area contributed by atoms with Crippen molar-refractivity contribution in [3.8, 4) is 0 Å². The predicted octanol–water partition coefficient (Wildman–Crippen LogP) is 2.82. The predicted molar refractivity (Wildman–Crippen MR) is 60.7 cm³/mol. The molecule has 0 aromatic heterocycles. The Morgan fingerprint density at radius 3 is 2.53 bits per heavy atom. The minimum Gasteiger partial charge on any atom is -0.444 e. The highest BCUT2D eigenvalue weighted by Crippen LogP contribution is 2.31. The fourth-order valence-corrected chi connectivity index (χ4v) is 1.63. The van der Waals surface area contributed by atoms with Crippen molar-refractivity contribution in [2.75, 3.05) is 13.1 Å². The molecule has 0 aromatic carbocycles. The summed E-state index contributed by atoms with van der Waals surface area (Å²) in [6, 6.07) is 0. The molecule has 1 aliphatic rings. The van der Waals surface area contributed by atoms with Gasteiger partial charge in [0, 0.05) is 18.5 Å². The molecule has 1 rings (SSSR count). The van der Waals surface area contributed by atoms with Gasteiger partial charge in [-0.05, 0) is 27.2 Å². The summed E-state index contributed by atoms with van der Waals surface area (Å²) in [5.41, 5.74) is -0.360. The van der Waals surface area contributed by atoms with Gasteiger partial charge < -0.3 is 9.64 Å². The second-order valence-corrected chi connectivity index (χ2v) is 5.51. The van der Waals surface area contributed by atoms with Gasteiger partial charge in [-0.2, -0.15) is 0 Å². The lowest BCUT2D eigenvalue weighted by Crippen LogP contribution is -2.36. The Morgan fingerprint density at radius 1 is 1.53 bits per heavy atom. The Hall–Kier alpha value is -0.990. The van der Waals surface area contributed by atoms with Gasteiger partial charge in [-0.3, -0.25) is 0 Å². The van der Waals surface area contributed by atoms with Crippen molar-refractivity contribution >= 4 is 6.09 Å². The summed E-state index contributed by atoms with van der Waals surface area (Å²) in [7, 11) is 0. The lowest BCUT2D eigenvalue weighted by atomic mass is 9.90. The summed E-state index contributed by atoms with van der Waals surface area (Å²) in [5.74, 6) is 0. The maximum absolute atomic E-state index is 11.7. The molecule has 0 bridgehead atoms. The zero-order valence-corrected chi connectivity index (χ0v) is 10.2. The van der Waals surface area contributed by atoms with Gasteiger partial charge in [-0.1, -0.05) is 13.0 Å². The Labute approximate surface area is 92.1 Å². The van der Waals surface area contributed by atoms with Crippen LogP contribution in [0.3, 0.4) is 0 Å². The van der Waals surface area contributed by atoms with E-state index >= 15 is 0 Å². The van der Waals surface area contributed by atoms with Crippen LogP contribution < -0.4 is 0 Å². The van der Waals surface area contributed by atoms with Crippen molar-refractivity contribution in [2.45, 2.75) is 39.7 Å². The van der Waals surface area contributed by atoms with Gasteiger partial charge in [0.15, 0.2) is 0 Å². The van der Waals surface area contributed by atoms with Crippen LogP contribution in [0, 0.1) is 5.41 Å². The van der Waals surface area contributed by atoms with Crippen molar-refractivity contribution in [1.29, 1.82) is 0 Å². The molecule has 1 fully saturated rings. The normalized spacial score (nSPS) is 26.5. The third-order valence-corrected chi connectivity index (χ3v) is 2.65. The van der Waals surface area contributed by atoms with Crippen LogP contribution in [0.4, 0.5) is 4.79 Å². The number of rotatable bonds is 1. The van der Waals surface area contributed by atoms with Crippen LogP contribution in [0.25, 0.3) is 0 Å². The largest absolute Gasteiger partial charge is 0.444 e. The van der Waals surface area contributed by atoms with Crippen LogP contribution in [0.5, 0.6) is 0 Å². The summed E-state index contributed by atoms with van der Waals surface area (Å²) in [6.45, 7) is 13.0. The minimum atomic E-state index is -0.412. The average molecular weight is 211 g/mol. The number of nitrogens with zero attached hydrogens (tertiary/aromatic N) is 1. The average Bonchev–Trinajstić information content (AvgIpc) is 2.46. The molecule has 0 saturated carbocycles. The molecule has 1 heterocycles. The highest BCUT2D eigenvalue weighted by Gasteiger charge is 2.35. The van der Waals surface area contributed by atoms with Crippen molar-refractivity contribution in [3.63, 3.8) is 0 Å². The summed E-state index contributed by atoms with van der Waals surface area (Å²) in [5, 5.41) is 0. The molecule has 0 aliphatic carbocycles. The van der Waals surface area contributed by atoms with E-state index in [1.807, 2.05) is 26.8 Å². The van der Waals surface area contributed by atoms with Crippen LogP contribution in [0.1, 0.15) is 34.1 Å². The van der Waals surface area contributed by atoms with Crippen LogP contribution in [0.2, 0.25) is 0 Å². The van der Waals surface area contributed by atoms with Crippen LogP contribution in [-0.2, 0) is 4.74 Å². The Bertz CT molecular complexity index is 267. The first-order valence-electron chi connectivity index (χ1n) is 5.37. The van der Waals surface area contributed by atoms with Crippen molar-refractivity contribution in [1.82, 2.24) is 4.90 Å². The number of likely N-dealkylation sites (tertiary alicyclic amines) is 1. The lowest BCUT2D eigenvalue weighted by Gasteiger charge is -2.25. The van der Waals surface area contributed by atoms with Crippen LogP contribution in [0.15, 0.2) is 12.7 Å². The van der Waals surface area contributed by atoms with E-state index in [-0.39, 0.29) is 11.5 Å². The van der Waals surface area contributed by atoms with Gasteiger partial charge in [0.1, 0.15) is 5.60 Å². The minimum absolute atomic E-state index is 0.0525. The van der Waals surface area contributed by atoms with Crippen molar-refractivity contribution in [2.24, 2.45) is 5.41 Å². The molecule has 0 radical (unpaired) electrons. The van der Waals surface area contributed by atoms with Crippen molar-refractivity contribution < 1.29 is 9.53 Å². The summed E-state index contributed by atoms with van der Waals surface area (Å²) in [4.78, 5) is 13.5. The third-order valence-electron chi connectivity index (χ3n) is 2.65. The molecular formula is C12H21NO2. The standard InChI is InChI=1S/C12H21NO2/c1-6-12(5)7-8-13(9-12)10(14)15-11(2,3)4/h6H,1,7-9H2,2-5H3/t12-/m0/s1. The smallest absolute Gasteiger partial charge is 0.410 e. The molecule has 0 N–H and O–H groups in total. The van der Waals surface area contributed by atoms with E-state index in [1.54, 1.807) is 4.90 Å². The lowest BCUT2D eigenvalue weighted by molar-refractivity contribution is 0.0282. The number of carbonyl (C=O) groups excluding carboxylic acids is 1. The molecule has 86 valence electrons. The van der Waals surface area contributed by atoms with E-state index in [9.17, 15) is 4.79 Å². The van der Waals surface area contributed by atoms with E-state index in [2.05, 4.69) is 13.5 Å². The first-order chi connectivity index (χ1) is 6.76. The van der Waals surface area contributed by atoms with Crippen LogP contribution >= 0.6 is 0 Å². The number of hydrogen-bond donors (Lipinski definition) is 0. The summed E-state index contributed by atoms with van der Waals surface area (Å²) in [6.07, 6.45) is 2.68. The first-order valence-corrected chi connectivity index (χ1v) is 5.37. The molecule has 15 heavy (non-hydrogen) atoms. The fraction of sp³-hybridized carbons (Fsp3) is 0.750. The first kappa shape index (κ1) is 12.1. The molecule has 3 heteroatoms. The Morgan fingerprint density at radius 2 is 2.13 bits per heavy atom. The highest BCUT2D eigenvalue weighted by atomic mass is 16.6. The molecule has 1 amide bonds. The number of carbonyl (C=O) groups is 1. The van der Waals surface area contributed by atoms with Gasteiger partial charge in [-0.15, -0.1) is 6.58 Å². The number of amides is 1. The molecule has 0 spiro atoms. The third kappa shape index (κ3) is 3.26. The monoisotopic (exact) mass is 211 g/mol. The maximum atomic E-state index is 11.7. The van der Waals surface area contributed by atoms with Gasteiger partial charge in [0.25, 0.3) is 0 Å². The van der Waals surface area contributed by atoms with Gasteiger partial charge in [-0.25, -0.2) is 4.79 Å². The van der Waals surface area contributed by atoms with E-state index in [1.165, 1.54) is 0 Å². The molecule has 0 unspecified atom stereocenters. The molecule has 3 nitrogen and oxygen atoms in total. The SMILES string of the molecule is C=C[C@@]1(C)CCN(C(=O)OC(C)(C)C)C1. The van der Waals surface area contributed by atoms with Crippen LogP contribution in [-0.4, -0.2) is 29.7 Å². The van der Waals surface area contributed by atoms with Gasteiger partial charge in [0.2, 0.25) is 0 Å². The second kappa shape index (κ2) is 3.87. The Kier molecular flexibility index (Phi) is 3.12. The number of hydrogen-bond acceptors (Lipinski definition) is 2. The summed E-state index contributed by atoms with van der Waals surface area (Å²) >= 11 is 0. The molecule has 0 aromatic rings. The van der Waals surface area contributed by atoms with Gasteiger partial charge >= 0.3 is 6.09 Å². The maximum Gasteiger partial charge on any atom is 0.410 e. The van der Waals surface area contributed by atoms with E-state index in [0.717, 1.165) is 13.0 Å². The molecular weight excluding hydrogens is 190 g/mol. The van der Waals surface area contributed by atoms with Gasteiger partial charge in [0.05, 0.1) is 0 Å². The van der Waals surface area contributed by atoms with E-state index < -0.39 is 5.60 Å². The zero-order valence-electron chi connectivity index (χ0n) is 10.2. The van der Waals surface area contributed by atoms with E-state index in [4.69, 9.17) is 4.74 Å². The van der Waals surface area contributed by atoms with E-state index in [0.29, 0.717) is 6.54 Å². The molecule has 1 saturated heterocycles. The highest BCUT2D eigenvalue weighted by molar-refractivity contribution is 5.68. The second-order valence-electron chi connectivity index (χ2n) is 5.51. The summed E-state index contributed by atoms with van der Waals surface area (Å²) < 4.78 is 5.31. The topological polar surface area (TPSA) is 29.5 Å².